The predicted molar refractivity (Wildman–Crippen MR) is 84.3 cm³/mol. The van der Waals surface area contributed by atoms with Gasteiger partial charge in [-0.25, -0.2) is 0 Å². The highest BCUT2D eigenvalue weighted by Crippen LogP contribution is 2.28. The molecule has 2 aromatic rings. The lowest BCUT2D eigenvalue weighted by molar-refractivity contribution is 0.458. The number of rotatable bonds is 6. The highest BCUT2D eigenvalue weighted by Gasteiger charge is 2.18. The lowest BCUT2D eigenvalue weighted by Gasteiger charge is -2.14. The van der Waals surface area contributed by atoms with Gasteiger partial charge >= 0.3 is 0 Å². The summed E-state index contributed by atoms with van der Waals surface area (Å²) in [4.78, 5) is 1.44. The maximum atomic E-state index is 4.79. The predicted octanol–water partition coefficient (Wildman–Crippen LogP) is 3.43. The fourth-order valence-corrected chi connectivity index (χ4v) is 3.85. The fourth-order valence-electron chi connectivity index (χ4n) is 3.06. The highest BCUT2D eigenvalue weighted by atomic mass is 32.1. The van der Waals surface area contributed by atoms with Crippen LogP contribution in [0.2, 0.25) is 0 Å². The van der Waals surface area contributed by atoms with Crippen LogP contribution >= 0.6 is 11.3 Å². The zero-order chi connectivity index (χ0) is 13.8. The number of hydrogen-bond donors (Lipinski definition) is 1. The molecule has 108 valence electrons. The Balaban J connectivity index is 1.60. The number of hydrogen-bond acceptors (Lipinski definition) is 3. The van der Waals surface area contributed by atoms with E-state index >= 15 is 0 Å². The van der Waals surface area contributed by atoms with Crippen LogP contribution in [0.4, 0.5) is 0 Å². The molecule has 0 amide bonds. The van der Waals surface area contributed by atoms with Gasteiger partial charge in [-0.3, -0.25) is 4.68 Å². The van der Waals surface area contributed by atoms with Gasteiger partial charge in [0.25, 0.3) is 0 Å². The van der Waals surface area contributed by atoms with E-state index in [0.717, 1.165) is 12.8 Å². The molecule has 2 aromatic heterocycles. The monoisotopic (exact) mass is 289 g/mol. The van der Waals surface area contributed by atoms with Crippen molar-refractivity contribution in [3.05, 3.63) is 40.3 Å². The summed E-state index contributed by atoms with van der Waals surface area (Å²) >= 11 is 1.84. The summed E-state index contributed by atoms with van der Waals surface area (Å²) in [6.07, 6.45) is 9.58. The first-order valence-corrected chi connectivity index (χ1v) is 8.47. The lowest BCUT2D eigenvalue weighted by atomic mass is 10.1. The Morgan fingerprint density at radius 2 is 2.20 bits per heavy atom. The number of likely N-dealkylation sites (N-methyl/N-ethyl adjacent to an activating group) is 1. The number of aromatic nitrogens is 2. The van der Waals surface area contributed by atoms with Crippen LogP contribution in [0.1, 0.15) is 42.3 Å². The van der Waals surface area contributed by atoms with Crippen molar-refractivity contribution in [2.24, 2.45) is 0 Å². The third-order valence-electron chi connectivity index (χ3n) is 4.25. The molecular formula is C16H23N3S. The molecule has 4 heteroatoms. The molecule has 3 nitrogen and oxygen atoms in total. The fraction of sp³-hybridized carbons (Fsp3) is 0.562. The SMILES string of the molecule is CNC(Cc1ccn(C2CCCC2)n1)Cc1cccs1. The van der Waals surface area contributed by atoms with E-state index in [0.29, 0.717) is 12.1 Å². The van der Waals surface area contributed by atoms with Crippen LogP contribution < -0.4 is 5.32 Å². The zero-order valence-corrected chi connectivity index (χ0v) is 12.9. The van der Waals surface area contributed by atoms with Crippen molar-refractivity contribution in [1.82, 2.24) is 15.1 Å². The Labute approximate surface area is 125 Å². The summed E-state index contributed by atoms with van der Waals surface area (Å²) < 4.78 is 2.19. The molecule has 1 N–H and O–H groups in total. The lowest BCUT2D eigenvalue weighted by Crippen LogP contribution is -2.29. The smallest absolute Gasteiger partial charge is 0.0640 e. The summed E-state index contributed by atoms with van der Waals surface area (Å²) in [6.45, 7) is 0. The van der Waals surface area contributed by atoms with Crippen molar-refractivity contribution >= 4 is 11.3 Å². The summed E-state index contributed by atoms with van der Waals surface area (Å²) in [5.41, 5.74) is 1.22. The van der Waals surface area contributed by atoms with Crippen molar-refractivity contribution in [1.29, 1.82) is 0 Å². The molecule has 3 rings (SSSR count). The Morgan fingerprint density at radius 3 is 2.90 bits per heavy atom. The molecule has 0 radical (unpaired) electrons. The summed E-state index contributed by atoms with van der Waals surface area (Å²) in [5.74, 6) is 0. The van der Waals surface area contributed by atoms with E-state index in [9.17, 15) is 0 Å². The van der Waals surface area contributed by atoms with Gasteiger partial charge in [0.1, 0.15) is 0 Å². The second kappa shape index (κ2) is 6.55. The molecule has 1 atom stereocenters. The van der Waals surface area contributed by atoms with Gasteiger partial charge in [0.2, 0.25) is 0 Å². The van der Waals surface area contributed by atoms with Crippen LogP contribution in [0, 0.1) is 0 Å². The molecule has 0 spiro atoms. The van der Waals surface area contributed by atoms with Crippen molar-refractivity contribution in [2.45, 2.75) is 50.6 Å². The highest BCUT2D eigenvalue weighted by molar-refractivity contribution is 7.09. The Kier molecular flexibility index (Phi) is 4.53. The molecule has 1 aliphatic carbocycles. The van der Waals surface area contributed by atoms with Gasteiger partial charge < -0.3 is 5.32 Å². The molecule has 1 saturated carbocycles. The maximum Gasteiger partial charge on any atom is 0.0640 e. The van der Waals surface area contributed by atoms with E-state index < -0.39 is 0 Å². The van der Waals surface area contributed by atoms with Crippen LogP contribution in [0.3, 0.4) is 0 Å². The standard InChI is InChI=1S/C16H23N3S/c1-17-14(12-16-7-4-10-20-16)11-13-8-9-19(18-13)15-5-2-3-6-15/h4,7-10,14-15,17H,2-3,5-6,11-12H2,1H3. The molecule has 0 aromatic carbocycles. The van der Waals surface area contributed by atoms with Crippen molar-refractivity contribution < 1.29 is 0 Å². The molecule has 1 aliphatic rings. The average Bonchev–Trinajstić information content (AvgIpc) is 3.20. The Hall–Kier alpha value is -1.13. The molecule has 1 fully saturated rings. The normalized spacial score (nSPS) is 17.6. The van der Waals surface area contributed by atoms with Crippen LogP contribution in [-0.4, -0.2) is 22.9 Å². The van der Waals surface area contributed by atoms with E-state index in [1.807, 2.05) is 18.4 Å². The van der Waals surface area contributed by atoms with E-state index in [1.165, 1.54) is 36.3 Å². The van der Waals surface area contributed by atoms with Gasteiger partial charge in [0, 0.05) is 23.5 Å². The molecule has 0 saturated heterocycles. The largest absolute Gasteiger partial charge is 0.316 e. The molecule has 2 heterocycles. The Bertz CT molecular complexity index is 512. The van der Waals surface area contributed by atoms with Crippen LogP contribution in [0.25, 0.3) is 0 Å². The van der Waals surface area contributed by atoms with Gasteiger partial charge in [-0.2, -0.15) is 5.10 Å². The minimum atomic E-state index is 0.473. The minimum Gasteiger partial charge on any atom is -0.316 e. The first kappa shape index (κ1) is 13.8. The quantitative estimate of drug-likeness (QED) is 0.883. The number of thiophene rings is 1. The van der Waals surface area contributed by atoms with Gasteiger partial charge in [-0.05, 0) is 43.8 Å². The summed E-state index contributed by atoms with van der Waals surface area (Å²) in [7, 11) is 2.05. The maximum absolute atomic E-state index is 4.79. The van der Waals surface area contributed by atoms with Crippen LogP contribution in [0.15, 0.2) is 29.8 Å². The summed E-state index contributed by atoms with van der Waals surface area (Å²) in [5, 5.41) is 10.4. The molecule has 1 unspecified atom stereocenters. The molecule has 0 bridgehead atoms. The topological polar surface area (TPSA) is 29.9 Å². The zero-order valence-electron chi connectivity index (χ0n) is 12.1. The first-order chi connectivity index (χ1) is 9.85. The minimum absolute atomic E-state index is 0.473. The molecular weight excluding hydrogens is 266 g/mol. The summed E-state index contributed by atoms with van der Waals surface area (Å²) in [6, 6.07) is 7.65. The third kappa shape index (κ3) is 3.30. The van der Waals surface area contributed by atoms with Crippen LogP contribution in [-0.2, 0) is 12.8 Å². The van der Waals surface area contributed by atoms with Crippen LogP contribution in [0.5, 0.6) is 0 Å². The van der Waals surface area contributed by atoms with E-state index in [1.54, 1.807) is 0 Å². The van der Waals surface area contributed by atoms with Gasteiger partial charge in [-0.15, -0.1) is 11.3 Å². The molecule has 20 heavy (non-hydrogen) atoms. The average molecular weight is 289 g/mol. The van der Waals surface area contributed by atoms with E-state index in [2.05, 4.69) is 39.8 Å². The number of nitrogens with one attached hydrogen (secondary N) is 1. The van der Waals surface area contributed by atoms with E-state index in [4.69, 9.17) is 5.10 Å². The van der Waals surface area contributed by atoms with Crippen molar-refractivity contribution in [3.63, 3.8) is 0 Å². The Morgan fingerprint density at radius 1 is 1.35 bits per heavy atom. The second-order valence-electron chi connectivity index (χ2n) is 5.70. The second-order valence-corrected chi connectivity index (χ2v) is 6.73. The number of nitrogens with zero attached hydrogens (tertiary/aromatic N) is 2. The van der Waals surface area contributed by atoms with Crippen molar-refractivity contribution in [2.75, 3.05) is 7.05 Å². The van der Waals surface area contributed by atoms with Crippen molar-refractivity contribution in [3.8, 4) is 0 Å². The van der Waals surface area contributed by atoms with E-state index in [-0.39, 0.29) is 0 Å². The molecule has 0 aliphatic heterocycles. The van der Waals surface area contributed by atoms with Gasteiger partial charge in [-0.1, -0.05) is 18.9 Å². The van der Waals surface area contributed by atoms with Gasteiger partial charge in [0.15, 0.2) is 0 Å². The third-order valence-corrected chi connectivity index (χ3v) is 5.15. The first-order valence-electron chi connectivity index (χ1n) is 7.59. The van der Waals surface area contributed by atoms with Gasteiger partial charge in [0.05, 0.1) is 11.7 Å².